The van der Waals surface area contributed by atoms with Gasteiger partial charge in [0, 0.05) is 0 Å². The highest BCUT2D eigenvalue weighted by Gasteiger charge is 2.17. The lowest BCUT2D eigenvalue weighted by atomic mass is 10.2. The Balaban J connectivity index is 2.10. The molecule has 0 unspecified atom stereocenters. The van der Waals surface area contributed by atoms with Gasteiger partial charge in [-0.05, 0) is 37.8 Å². The third-order valence-electron chi connectivity index (χ3n) is 2.59. The number of ether oxygens (including phenoxy) is 1. The highest BCUT2D eigenvalue weighted by Crippen LogP contribution is 2.25. The lowest BCUT2D eigenvalue weighted by Crippen LogP contribution is -2.11. The van der Waals surface area contributed by atoms with Crippen LogP contribution in [-0.2, 0) is 4.79 Å². The molecule has 0 bridgehead atoms. The van der Waals surface area contributed by atoms with Crippen molar-refractivity contribution >= 4 is 6.29 Å². The van der Waals surface area contributed by atoms with E-state index in [1.807, 2.05) is 24.5 Å². The summed E-state index contributed by atoms with van der Waals surface area (Å²) in [4.78, 5) is 10.6. The highest BCUT2D eigenvalue weighted by molar-refractivity contribution is 5.79. The van der Waals surface area contributed by atoms with Crippen molar-refractivity contribution in [1.29, 1.82) is 0 Å². The van der Waals surface area contributed by atoms with Crippen molar-refractivity contribution < 1.29 is 9.53 Å². The van der Waals surface area contributed by atoms with Crippen molar-refractivity contribution in [3.05, 3.63) is 29.8 Å². The quantitative estimate of drug-likeness (QED) is 0.730. The van der Waals surface area contributed by atoms with Crippen molar-refractivity contribution in [2.45, 2.75) is 31.8 Å². The van der Waals surface area contributed by atoms with Crippen LogP contribution in [0.4, 0.5) is 0 Å². The van der Waals surface area contributed by atoms with Crippen LogP contribution in [0.25, 0.3) is 0 Å². The van der Waals surface area contributed by atoms with E-state index in [-0.39, 0.29) is 0 Å². The summed E-state index contributed by atoms with van der Waals surface area (Å²) >= 11 is 0. The smallest absolute Gasteiger partial charge is 0.237 e. The molecule has 1 aromatic rings. The zero-order valence-corrected chi connectivity index (χ0v) is 8.03. The third-order valence-corrected chi connectivity index (χ3v) is 2.59. The van der Waals surface area contributed by atoms with E-state index in [4.69, 9.17) is 4.74 Å². The molecule has 2 heteroatoms. The van der Waals surface area contributed by atoms with Crippen molar-refractivity contribution in [3.63, 3.8) is 0 Å². The first-order valence-corrected chi connectivity index (χ1v) is 5.04. The minimum absolute atomic E-state index is 0.296. The molecule has 2 rings (SSSR count). The summed E-state index contributed by atoms with van der Waals surface area (Å²) in [7, 11) is 0. The highest BCUT2D eigenvalue weighted by atomic mass is 16.5. The van der Waals surface area contributed by atoms with Crippen molar-refractivity contribution in [2.24, 2.45) is 0 Å². The number of benzene rings is 1. The molecule has 73 valence electrons. The summed E-state index contributed by atoms with van der Waals surface area (Å²) in [5.74, 6) is 0.675. The van der Waals surface area contributed by atoms with Gasteiger partial charge in [0.05, 0.1) is 11.7 Å². The van der Waals surface area contributed by atoms with Crippen LogP contribution in [0.1, 0.15) is 31.2 Å². The van der Waals surface area contributed by atoms with Crippen LogP contribution in [0, 0.1) is 0 Å². The summed E-state index contributed by atoms with van der Waals surface area (Å²) in [5, 5.41) is 0. The largest absolute Gasteiger partial charge is 0.490 e. The lowest BCUT2D eigenvalue weighted by molar-refractivity contribution is 0.209. The third kappa shape index (κ3) is 1.95. The number of para-hydroxylation sites is 1. The Bertz CT molecular complexity index is 314. The molecule has 0 N–H and O–H groups in total. The first-order chi connectivity index (χ1) is 6.90. The average Bonchev–Trinajstić information content (AvgIpc) is 2.71. The normalized spacial score (nSPS) is 16.9. The Morgan fingerprint density at radius 2 is 1.93 bits per heavy atom. The van der Waals surface area contributed by atoms with Gasteiger partial charge in [-0.15, -0.1) is 0 Å². The van der Waals surface area contributed by atoms with Crippen molar-refractivity contribution in [1.82, 2.24) is 0 Å². The summed E-state index contributed by atoms with van der Waals surface area (Å²) in [5.41, 5.74) is 0.527. The first kappa shape index (κ1) is 9.25. The van der Waals surface area contributed by atoms with E-state index in [9.17, 15) is 4.79 Å². The molecular weight excluding hydrogens is 176 g/mol. The van der Waals surface area contributed by atoms with Crippen LogP contribution in [0.15, 0.2) is 24.3 Å². The average molecular weight is 189 g/mol. The van der Waals surface area contributed by atoms with Crippen LogP contribution in [-0.4, -0.2) is 12.4 Å². The molecule has 1 aromatic carbocycles. The van der Waals surface area contributed by atoms with E-state index >= 15 is 0 Å². The molecule has 1 aliphatic rings. The standard InChI is InChI=1S/C12H13O2/c13-9-10-5-1-4-8-12(10)14-11-6-2-3-7-11/h1,4-5,8,11H,2-3,6-7H2. The molecule has 1 fully saturated rings. The lowest BCUT2D eigenvalue weighted by Gasteiger charge is -2.13. The second-order valence-electron chi connectivity index (χ2n) is 3.62. The van der Waals surface area contributed by atoms with Gasteiger partial charge in [0.25, 0.3) is 0 Å². The van der Waals surface area contributed by atoms with E-state index < -0.39 is 0 Å². The fraction of sp³-hybridized carbons (Fsp3) is 0.417. The second kappa shape index (κ2) is 4.27. The molecule has 1 aliphatic carbocycles. The van der Waals surface area contributed by atoms with E-state index in [1.165, 1.54) is 12.8 Å². The van der Waals surface area contributed by atoms with Gasteiger partial charge in [0.2, 0.25) is 6.29 Å². The Morgan fingerprint density at radius 1 is 1.21 bits per heavy atom. The molecular formula is C12H13O2. The Kier molecular flexibility index (Phi) is 2.82. The van der Waals surface area contributed by atoms with Gasteiger partial charge < -0.3 is 4.74 Å². The SMILES string of the molecule is O=[C]c1ccccc1OC1CCCC1. The maximum absolute atomic E-state index is 10.6. The molecule has 0 saturated heterocycles. The van der Waals surface area contributed by atoms with Crippen LogP contribution in [0.2, 0.25) is 0 Å². The Labute approximate surface area is 83.9 Å². The molecule has 0 spiro atoms. The molecule has 1 saturated carbocycles. The van der Waals surface area contributed by atoms with Crippen LogP contribution in [0.3, 0.4) is 0 Å². The molecule has 0 aromatic heterocycles. The van der Waals surface area contributed by atoms with E-state index in [1.54, 1.807) is 6.07 Å². The van der Waals surface area contributed by atoms with Gasteiger partial charge in [-0.3, -0.25) is 4.79 Å². The fourth-order valence-electron chi connectivity index (χ4n) is 1.84. The number of hydrogen-bond acceptors (Lipinski definition) is 2. The van der Waals surface area contributed by atoms with Gasteiger partial charge in [-0.1, -0.05) is 12.1 Å². The van der Waals surface area contributed by atoms with E-state index in [2.05, 4.69) is 0 Å². The van der Waals surface area contributed by atoms with Gasteiger partial charge >= 0.3 is 0 Å². The molecule has 0 amide bonds. The maximum Gasteiger partial charge on any atom is 0.237 e. The van der Waals surface area contributed by atoms with Gasteiger partial charge in [0.1, 0.15) is 5.75 Å². The van der Waals surface area contributed by atoms with Gasteiger partial charge in [0.15, 0.2) is 0 Å². The predicted molar refractivity (Wildman–Crippen MR) is 54.1 cm³/mol. The molecule has 14 heavy (non-hydrogen) atoms. The summed E-state index contributed by atoms with van der Waals surface area (Å²) < 4.78 is 5.73. The van der Waals surface area contributed by atoms with Crippen LogP contribution >= 0.6 is 0 Å². The van der Waals surface area contributed by atoms with Gasteiger partial charge in [-0.2, -0.15) is 0 Å². The molecule has 1 radical (unpaired) electrons. The van der Waals surface area contributed by atoms with Crippen molar-refractivity contribution in [3.8, 4) is 5.75 Å². The number of rotatable bonds is 3. The Morgan fingerprint density at radius 3 is 2.64 bits per heavy atom. The van der Waals surface area contributed by atoms with E-state index in [0.29, 0.717) is 17.4 Å². The van der Waals surface area contributed by atoms with Crippen molar-refractivity contribution in [2.75, 3.05) is 0 Å². The fourth-order valence-corrected chi connectivity index (χ4v) is 1.84. The molecule has 2 nitrogen and oxygen atoms in total. The monoisotopic (exact) mass is 189 g/mol. The topological polar surface area (TPSA) is 26.3 Å². The van der Waals surface area contributed by atoms with Crippen LogP contribution < -0.4 is 4.74 Å². The minimum Gasteiger partial charge on any atom is -0.490 e. The predicted octanol–water partition coefficient (Wildman–Crippen LogP) is 2.47. The van der Waals surface area contributed by atoms with Gasteiger partial charge in [-0.25, -0.2) is 0 Å². The molecule has 0 heterocycles. The summed E-state index contributed by atoms with van der Waals surface area (Å²) in [6, 6.07) is 7.27. The van der Waals surface area contributed by atoms with Crippen LogP contribution in [0.5, 0.6) is 5.75 Å². The Hall–Kier alpha value is -1.31. The molecule has 0 atom stereocenters. The molecule has 0 aliphatic heterocycles. The second-order valence-corrected chi connectivity index (χ2v) is 3.62. The number of carbonyl (C=O) groups excluding carboxylic acids is 1. The zero-order valence-electron chi connectivity index (χ0n) is 8.03. The minimum atomic E-state index is 0.296. The zero-order chi connectivity index (χ0) is 9.80. The summed E-state index contributed by atoms with van der Waals surface area (Å²) in [6.07, 6.45) is 6.87. The number of hydrogen-bond donors (Lipinski definition) is 0. The van der Waals surface area contributed by atoms with E-state index in [0.717, 1.165) is 12.8 Å². The summed E-state index contributed by atoms with van der Waals surface area (Å²) in [6.45, 7) is 0. The maximum atomic E-state index is 10.6. The first-order valence-electron chi connectivity index (χ1n) is 5.04.